The zero-order valence-corrected chi connectivity index (χ0v) is 12.1. The van der Waals surface area contributed by atoms with Crippen molar-refractivity contribution >= 4 is 17.4 Å². The van der Waals surface area contributed by atoms with Gasteiger partial charge in [0.1, 0.15) is 5.82 Å². The van der Waals surface area contributed by atoms with Gasteiger partial charge in [-0.05, 0) is 36.6 Å². The topological polar surface area (TPSA) is 17.1 Å². The molecule has 0 aliphatic heterocycles. The van der Waals surface area contributed by atoms with Crippen LogP contribution < -0.4 is 0 Å². The van der Waals surface area contributed by atoms with Crippen LogP contribution in [0.4, 0.5) is 4.39 Å². The Morgan fingerprint density at radius 1 is 1.10 bits per heavy atom. The Labute approximate surface area is 123 Å². The molecule has 0 aliphatic carbocycles. The minimum Gasteiger partial charge on any atom is -0.289 e. The Kier molecular flexibility index (Phi) is 4.91. The molecule has 1 nitrogen and oxygen atoms in total. The van der Waals surface area contributed by atoms with E-state index in [0.29, 0.717) is 11.1 Å². The van der Waals surface area contributed by atoms with Gasteiger partial charge >= 0.3 is 0 Å². The number of carbonyl (C=O) groups excluding carboxylic acids is 1. The molecule has 0 amide bonds. The van der Waals surface area contributed by atoms with Gasteiger partial charge in [0.15, 0.2) is 5.78 Å². The van der Waals surface area contributed by atoms with Crippen molar-refractivity contribution in [1.82, 2.24) is 0 Å². The van der Waals surface area contributed by atoms with Gasteiger partial charge in [-0.25, -0.2) is 4.39 Å². The molecule has 0 radical (unpaired) electrons. The molecule has 104 valence electrons. The van der Waals surface area contributed by atoms with Crippen molar-refractivity contribution in [3.63, 3.8) is 0 Å². The first kappa shape index (κ1) is 14.7. The largest absolute Gasteiger partial charge is 0.289 e. The summed E-state index contributed by atoms with van der Waals surface area (Å²) in [5.74, 6) is -0.764. The first-order chi connectivity index (χ1) is 9.61. The van der Waals surface area contributed by atoms with E-state index in [0.717, 1.165) is 19.3 Å². The van der Waals surface area contributed by atoms with E-state index in [1.165, 1.54) is 17.7 Å². The predicted octanol–water partition coefficient (Wildman–Crippen LogP) is 5.05. The van der Waals surface area contributed by atoms with Crippen molar-refractivity contribution in [1.29, 1.82) is 0 Å². The summed E-state index contributed by atoms with van der Waals surface area (Å²) in [4.78, 5) is 12.2. The Morgan fingerprint density at radius 3 is 2.35 bits per heavy atom. The summed E-state index contributed by atoms with van der Waals surface area (Å²) in [5.41, 5.74) is 2.09. The van der Waals surface area contributed by atoms with Crippen LogP contribution in [0.25, 0.3) is 0 Å². The van der Waals surface area contributed by atoms with E-state index < -0.39 is 5.82 Å². The minimum atomic E-state index is -0.572. The molecule has 3 heteroatoms. The van der Waals surface area contributed by atoms with Crippen LogP contribution in [0.1, 0.15) is 41.3 Å². The lowest BCUT2D eigenvalue weighted by molar-refractivity contribution is 0.103. The molecule has 2 rings (SSSR count). The van der Waals surface area contributed by atoms with Gasteiger partial charge in [0.2, 0.25) is 0 Å². The van der Waals surface area contributed by atoms with Crippen molar-refractivity contribution in [3.8, 4) is 0 Å². The highest BCUT2D eigenvalue weighted by atomic mass is 35.5. The molecule has 0 heterocycles. The van der Waals surface area contributed by atoms with E-state index in [4.69, 9.17) is 11.6 Å². The van der Waals surface area contributed by atoms with Crippen LogP contribution in [0.3, 0.4) is 0 Å². The molecular formula is C17H16ClFO. The van der Waals surface area contributed by atoms with E-state index in [1.54, 1.807) is 18.2 Å². The fraction of sp³-hybridized carbons (Fsp3) is 0.235. The highest BCUT2D eigenvalue weighted by molar-refractivity contribution is 6.30. The van der Waals surface area contributed by atoms with E-state index >= 15 is 0 Å². The summed E-state index contributed by atoms with van der Waals surface area (Å²) in [5, 5.41) is 0.0245. The zero-order chi connectivity index (χ0) is 14.5. The number of benzene rings is 2. The normalized spacial score (nSPS) is 10.6. The maximum absolute atomic E-state index is 13.4. The summed E-state index contributed by atoms with van der Waals surface area (Å²) in [6.07, 6.45) is 3.29. The number of carbonyl (C=O) groups is 1. The van der Waals surface area contributed by atoms with Crippen molar-refractivity contribution in [2.45, 2.75) is 26.2 Å². The Bertz CT molecular complexity index is 605. The van der Waals surface area contributed by atoms with Crippen LogP contribution >= 0.6 is 11.6 Å². The number of unbranched alkanes of at least 4 members (excludes halogenated alkanes) is 1. The van der Waals surface area contributed by atoms with E-state index in [-0.39, 0.29) is 10.8 Å². The summed E-state index contributed by atoms with van der Waals surface area (Å²) < 4.78 is 13.4. The number of ketones is 1. The lowest BCUT2D eigenvalue weighted by Crippen LogP contribution is -2.02. The highest BCUT2D eigenvalue weighted by Crippen LogP contribution is 2.18. The lowest BCUT2D eigenvalue weighted by Gasteiger charge is -2.04. The molecule has 0 N–H and O–H groups in total. The van der Waals surface area contributed by atoms with Crippen LogP contribution in [-0.4, -0.2) is 5.78 Å². The SMILES string of the molecule is CCCCc1ccc(C(=O)c2ccc(Cl)c(F)c2)cc1. The maximum atomic E-state index is 13.4. The second-order valence-corrected chi connectivity index (χ2v) is 5.17. The third-order valence-corrected chi connectivity index (χ3v) is 3.52. The average molecular weight is 291 g/mol. The minimum absolute atomic E-state index is 0.0245. The van der Waals surface area contributed by atoms with Gasteiger partial charge in [0.05, 0.1) is 5.02 Å². The molecule has 0 aliphatic rings. The van der Waals surface area contributed by atoms with Crippen LogP contribution in [-0.2, 0) is 6.42 Å². The van der Waals surface area contributed by atoms with Crippen LogP contribution in [0.5, 0.6) is 0 Å². The number of hydrogen-bond acceptors (Lipinski definition) is 1. The average Bonchev–Trinajstić information content (AvgIpc) is 2.48. The molecule has 0 saturated heterocycles. The van der Waals surface area contributed by atoms with E-state index in [1.807, 2.05) is 12.1 Å². The Balaban J connectivity index is 2.18. The van der Waals surface area contributed by atoms with Crippen molar-refractivity contribution < 1.29 is 9.18 Å². The van der Waals surface area contributed by atoms with Crippen LogP contribution in [0.2, 0.25) is 5.02 Å². The predicted molar refractivity (Wildman–Crippen MR) is 79.9 cm³/mol. The molecular weight excluding hydrogens is 275 g/mol. The quantitative estimate of drug-likeness (QED) is 0.704. The summed E-state index contributed by atoms with van der Waals surface area (Å²) in [6.45, 7) is 2.15. The fourth-order valence-electron chi connectivity index (χ4n) is 2.01. The maximum Gasteiger partial charge on any atom is 0.193 e. The molecule has 0 unspecified atom stereocenters. The molecule has 0 aromatic heterocycles. The first-order valence-electron chi connectivity index (χ1n) is 6.70. The van der Waals surface area contributed by atoms with Gasteiger partial charge in [-0.2, -0.15) is 0 Å². The van der Waals surface area contributed by atoms with Crippen LogP contribution in [0, 0.1) is 5.82 Å². The van der Waals surface area contributed by atoms with Gasteiger partial charge in [0, 0.05) is 11.1 Å². The molecule has 0 atom stereocenters. The summed E-state index contributed by atoms with van der Waals surface area (Å²) in [6, 6.07) is 11.6. The second kappa shape index (κ2) is 6.67. The van der Waals surface area contributed by atoms with E-state index in [2.05, 4.69) is 6.92 Å². The number of rotatable bonds is 5. The monoisotopic (exact) mass is 290 g/mol. The molecule has 0 saturated carbocycles. The summed E-state index contributed by atoms with van der Waals surface area (Å²) >= 11 is 5.61. The van der Waals surface area contributed by atoms with Crippen molar-refractivity contribution in [2.75, 3.05) is 0 Å². The van der Waals surface area contributed by atoms with Gasteiger partial charge < -0.3 is 0 Å². The molecule has 0 fully saturated rings. The van der Waals surface area contributed by atoms with Crippen molar-refractivity contribution in [2.24, 2.45) is 0 Å². The number of hydrogen-bond donors (Lipinski definition) is 0. The van der Waals surface area contributed by atoms with Crippen LogP contribution in [0.15, 0.2) is 42.5 Å². The third kappa shape index (κ3) is 3.45. The van der Waals surface area contributed by atoms with E-state index in [9.17, 15) is 9.18 Å². The highest BCUT2D eigenvalue weighted by Gasteiger charge is 2.11. The molecule has 0 bridgehead atoms. The first-order valence-corrected chi connectivity index (χ1v) is 7.08. The smallest absolute Gasteiger partial charge is 0.193 e. The number of aryl methyl sites for hydroxylation is 1. The Hall–Kier alpha value is -1.67. The van der Waals surface area contributed by atoms with Gasteiger partial charge in [-0.15, -0.1) is 0 Å². The van der Waals surface area contributed by atoms with Gasteiger partial charge in [-0.3, -0.25) is 4.79 Å². The van der Waals surface area contributed by atoms with Gasteiger partial charge in [-0.1, -0.05) is 49.2 Å². The fourth-order valence-corrected chi connectivity index (χ4v) is 2.13. The summed E-state index contributed by atoms with van der Waals surface area (Å²) in [7, 11) is 0. The molecule has 0 spiro atoms. The second-order valence-electron chi connectivity index (χ2n) is 4.76. The zero-order valence-electron chi connectivity index (χ0n) is 11.3. The molecule has 20 heavy (non-hydrogen) atoms. The number of halogens is 2. The standard InChI is InChI=1S/C17H16ClFO/c1-2-3-4-12-5-7-13(8-6-12)17(20)14-9-10-15(18)16(19)11-14/h5-11H,2-4H2,1H3. The Morgan fingerprint density at radius 2 is 1.75 bits per heavy atom. The molecule has 2 aromatic rings. The van der Waals surface area contributed by atoms with Gasteiger partial charge in [0.25, 0.3) is 0 Å². The lowest BCUT2D eigenvalue weighted by atomic mass is 10.0. The third-order valence-electron chi connectivity index (χ3n) is 3.22. The molecule has 2 aromatic carbocycles. The van der Waals surface area contributed by atoms with Crippen molar-refractivity contribution in [3.05, 3.63) is 70.0 Å².